The van der Waals surface area contributed by atoms with E-state index in [1.165, 1.54) is 0 Å². The van der Waals surface area contributed by atoms with E-state index in [0.717, 1.165) is 11.2 Å². The summed E-state index contributed by atoms with van der Waals surface area (Å²) in [6, 6.07) is 3.89. The van der Waals surface area contributed by atoms with Crippen LogP contribution in [-0.2, 0) is 7.05 Å². The molecule has 2 rings (SSSR count). The van der Waals surface area contributed by atoms with Gasteiger partial charge in [-0.2, -0.15) is 0 Å². The SMILES string of the molecule is CC.Cc1ccc2c(=N)ncn(C)n12. The van der Waals surface area contributed by atoms with Gasteiger partial charge in [-0.25, -0.2) is 4.98 Å². The fourth-order valence-corrected chi connectivity index (χ4v) is 1.39. The van der Waals surface area contributed by atoms with Crippen LogP contribution in [0.5, 0.6) is 0 Å². The maximum atomic E-state index is 7.53. The standard InChI is InChI=1S/C8H10N4.C2H6/c1-6-3-4-7-8(9)10-5-11(2)12(6)7;1-2/h3-5,9H,1-2H3;1-2H3. The van der Waals surface area contributed by atoms with E-state index in [9.17, 15) is 0 Å². The third-order valence-corrected chi connectivity index (χ3v) is 1.96. The quantitative estimate of drug-likeness (QED) is 0.675. The molecule has 0 bridgehead atoms. The zero-order valence-electron chi connectivity index (χ0n) is 9.07. The van der Waals surface area contributed by atoms with Gasteiger partial charge in [0.1, 0.15) is 11.8 Å². The highest BCUT2D eigenvalue weighted by Crippen LogP contribution is 2.02. The molecule has 1 N–H and O–H groups in total. The number of hydrogen-bond donors (Lipinski definition) is 1. The van der Waals surface area contributed by atoms with Gasteiger partial charge in [-0.15, -0.1) is 0 Å². The molecule has 0 fully saturated rings. The lowest BCUT2D eigenvalue weighted by Gasteiger charge is -2.04. The first-order valence-electron chi connectivity index (χ1n) is 4.75. The molecular formula is C10H16N4. The first-order chi connectivity index (χ1) is 6.70. The van der Waals surface area contributed by atoms with Crippen molar-refractivity contribution in [3.05, 3.63) is 29.6 Å². The van der Waals surface area contributed by atoms with Gasteiger partial charge in [-0.05, 0) is 19.1 Å². The van der Waals surface area contributed by atoms with Crippen molar-refractivity contribution < 1.29 is 0 Å². The van der Waals surface area contributed by atoms with Crippen LogP contribution in [0.2, 0.25) is 0 Å². The second-order valence-corrected chi connectivity index (χ2v) is 2.84. The van der Waals surface area contributed by atoms with Crippen LogP contribution in [0, 0.1) is 12.3 Å². The first kappa shape index (κ1) is 10.5. The second-order valence-electron chi connectivity index (χ2n) is 2.84. The van der Waals surface area contributed by atoms with E-state index in [1.54, 1.807) is 6.33 Å². The molecule has 0 aliphatic carbocycles. The van der Waals surface area contributed by atoms with E-state index < -0.39 is 0 Å². The van der Waals surface area contributed by atoms with Crippen LogP contribution in [0.1, 0.15) is 19.5 Å². The Hall–Kier alpha value is -1.58. The highest BCUT2D eigenvalue weighted by atomic mass is 15.4. The molecule has 4 nitrogen and oxygen atoms in total. The van der Waals surface area contributed by atoms with Gasteiger partial charge in [0.2, 0.25) is 0 Å². The summed E-state index contributed by atoms with van der Waals surface area (Å²) in [5.41, 5.74) is 2.28. The molecule has 76 valence electrons. The summed E-state index contributed by atoms with van der Waals surface area (Å²) < 4.78 is 3.82. The van der Waals surface area contributed by atoms with Crippen molar-refractivity contribution in [2.24, 2.45) is 7.05 Å². The van der Waals surface area contributed by atoms with Gasteiger partial charge in [-0.3, -0.25) is 14.6 Å². The number of aromatic nitrogens is 3. The van der Waals surface area contributed by atoms with Gasteiger partial charge >= 0.3 is 0 Å². The molecule has 4 heteroatoms. The molecule has 0 aliphatic heterocycles. The molecule has 0 unspecified atom stereocenters. The van der Waals surface area contributed by atoms with Crippen molar-refractivity contribution in [3.63, 3.8) is 0 Å². The average Bonchev–Trinajstić information content (AvgIpc) is 2.59. The van der Waals surface area contributed by atoms with Crippen LogP contribution in [0.15, 0.2) is 18.5 Å². The largest absolute Gasteiger partial charge is 0.281 e. The summed E-state index contributed by atoms with van der Waals surface area (Å²) in [5.74, 6) is 0. The molecule has 2 aromatic rings. The Morgan fingerprint density at radius 3 is 2.50 bits per heavy atom. The van der Waals surface area contributed by atoms with Gasteiger partial charge in [0, 0.05) is 12.7 Å². The molecule has 0 amide bonds. The summed E-state index contributed by atoms with van der Waals surface area (Å²) in [6.45, 7) is 6.01. The van der Waals surface area contributed by atoms with Crippen LogP contribution in [0.25, 0.3) is 5.52 Å². The predicted molar refractivity (Wildman–Crippen MR) is 56.1 cm³/mol. The second kappa shape index (κ2) is 4.09. The summed E-state index contributed by atoms with van der Waals surface area (Å²) in [4.78, 5) is 3.93. The highest BCUT2D eigenvalue weighted by Gasteiger charge is 2.00. The van der Waals surface area contributed by atoms with Gasteiger partial charge in [0.05, 0.1) is 0 Å². The topological polar surface area (TPSA) is 46.1 Å². The molecular weight excluding hydrogens is 176 g/mol. The van der Waals surface area contributed by atoms with Gasteiger partial charge in [-0.1, -0.05) is 13.8 Å². The summed E-state index contributed by atoms with van der Waals surface area (Å²) in [5, 5.41) is 7.53. The van der Waals surface area contributed by atoms with Crippen molar-refractivity contribution in [2.75, 3.05) is 0 Å². The Kier molecular flexibility index (Phi) is 3.06. The molecule has 0 radical (unpaired) electrons. The molecule has 0 atom stereocenters. The molecule has 2 heterocycles. The van der Waals surface area contributed by atoms with E-state index in [1.807, 2.05) is 49.1 Å². The lowest BCUT2D eigenvalue weighted by atomic mass is 10.5. The van der Waals surface area contributed by atoms with Crippen molar-refractivity contribution in [2.45, 2.75) is 20.8 Å². The van der Waals surface area contributed by atoms with E-state index in [4.69, 9.17) is 5.41 Å². The zero-order chi connectivity index (χ0) is 10.7. The lowest BCUT2D eigenvalue weighted by Crippen LogP contribution is -2.16. The number of fused-ring (bicyclic) bond motifs is 1. The Bertz CT molecular complexity index is 478. The Labute approximate surface area is 83.3 Å². The average molecular weight is 192 g/mol. The van der Waals surface area contributed by atoms with Crippen molar-refractivity contribution in [1.82, 2.24) is 14.2 Å². The normalized spacial score (nSPS) is 9.71. The van der Waals surface area contributed by atoms with Gasteiger partial charge in [0.15, 0.2) is 5.49 Å². The van der Waals surface area contributed by atoms with Crippen molar-refractivity contribution in [1.29, 1.82) is 5.41 Å². The molecule has 0 saturated heterocycles. The number of rotatable bonds is 0. The van der Waals surface area contributed by atoms with Crippen LogP contribution in [0.3, 0.4) is 0 Å². The molecule has 14 heavy (non-hydrogen) atoms. The van der Waals surface area contributed by atoms with Gasteiger partial charge < -0.3 is 0 Å². The minimum atomic E-state index is 0.321. The van der Waals surface area contributed by atoms with Crippen LogP contribution < -0.4 is 5.49 Å². The Morgan fingerprint density at radius 2 is 1.93 bits per heavy atom. The lowest BCUT2D eigenvalue weighted by molar-refractivity contribution is 0.644. The van der Waals surface area contributed by atoms with Crippen LogP contribution in [-0.4, -0.2) is 14.2 Å². The summed E-state index contributed by atoms with van der Waals surface area (Å²) in [6.07, 6.45) is 1.64. The maximum absolute atomic E-state index is 7.53. The third-order valence-electron chi connectivity index (χ3n) is 1.96. The zero-order valence-corrected chi connectivity index (χ0v) is 9.07. The Morgan fingerprint density at radius 1 is 1.29 bits per heavy atom. The fraction of sp³-hybridized carbons (Fsp3) is 0.400. The third kappa shape index (κ3) is 1.55. The molecule has 0 aromatic carbocycles. The molecule has 0 saturated carbocycles. The maximum Gasteiger partial charge on any atom is 0.172 e. The number of nitrogens with one attached hydrogen (secondary N) is 1. The Balaban J connectivity index is 0.000000461. The minimum absolute atomic E-state index is 0.321. The smallest absolute Gasteiger partial charge is 0.172 e. The van der Waals surface area contributed by atoms with Crippen LogP contribution in [0.4, 0.5) is 0 Å². The van der Waals surface area contributed by atoms with Gasteiger partial charge in [0.25, 0.3) is 0 Å². The molecule has 2 aromatic heterocycles. The van der Waals surface area contributed by atoms with E-state index in [0.29, 0.717) is 5.49 Å². The summed E-state index contributed by atoms with van der Waals surface area (Å²) in [7, 11) is 1.91. The van der Waals surface area contributed by atoms with Crippen molar-refractivity contribution in [3.8, 4) is 0 Å². The number of hydrogen-bond acceptors (Lipinski definition) is 2. The summed E-state index contributed by atoms with van der Waals surface area (Å²) >= 11 is 0. The van der Waals surface area contributed by atoms with Crippen LogP contribution >= 0.6 is 0 Å². The minimum Gasteiger partial charge on any atom is -0.281 e. The fourth-order valence-electron chi connectivity index (χ4n) is 1.39. The van der Waals surface area contributed by atoms with E-state index in [2.05, 4.69) is 4.98 Å². The van der Waals surface area contributed by atoms with E-state index in [-0.39, 0.29) is 0 Å². The predicted octanol–water partition coefficient (Wildman–Crippen LogP) is 1.49. The number of aryl methyl sites for hydroxylation is 2. The molecule has 0 aliphatic rings. The first-order valence-corrected chi connectivity index (χ1v) is 4.75. The highest BCUT2D eigenvalue weighted by molar-refractivity contribution is 5.44. The van der Waals surface area contributed by atoms with Crippen molar-refractivity contribution >= 4 is 5.52 Å². The molecule has 0 spiro atoms. The van der Waals surface area contributed by atoms with E-state index >= 15 is 0 Å². The monoisotopic (exact) mass is 192 g/mol. The number of nitrogens with zero attached hydrogens (tertiary/aromatic N) is 3.